The highest BCUT2D eigenvalue weighted by Gasteiger charge is 2.07. The summed E-state index contributed by atoms with van der Waals surface area (Å²) in [5.41, 5.74) is 2.37. The van der Waals surface area contributed by atoms with Crippen LogP contribution >= 0.6 is 0 Å². The molecule has 0 spiro atoms. The molecule has 0 saturated carbocycles. The molecule has 2 aromatic rings. The van der Waals surface area contributed by atoms with Crippen molar-refractivity contribution < 1.29 is 9.13 Å². The normalized spacial score (nSPS) is 10.7. The summed E-state index contributed by atoms with van der Waals surface area (Å²) in [6, 6.07) is 4.93. The Morgan fingerprint density at radius 3 is 2.50 bits per heavy atom. The third-order valence-corrected chi connectivity index (χ3v) is 3.47. The molecule has 0 aliphatic carbocycles. The van der Waals surface area contributed by atoms with Crippen molar-refractivity contribution in [3.05, 3.63) is 42.1 Å². The number of ether oxygens (including phenoxy) is 1. The van der Waals surface area contributed by atoms with E-state index in [1.807, 2.05) is 6.07 Å². The van der Waals surface area contributed by atoms with Crippen LogP contribution in [0.1, 0.15) is 45.2 Å². The highest BCUT2D eigenvalue weighted by atomic mass is 19.1. The second-order valence-corrected chi connectivity index (χ2v) is 5.34. The van der Waals surface area contributed by atoms with Crippen molar-refractivity contribution in [1.29, 1.82) is 0 Å². The zero-order valence-corrected chi connectivity index (χ0v) is 13.3. The molecule has 1 aromatic heterocycles. The lowest BCUT2D eigenvalue weighted by Crippen LogP contribution is -1.99. The summed E-state index contributed by atoms with van der Waals surface area (Å²) >= 11 is 0. The van der Waals surface area contributed by atoms with Crippen LogP contribution in [0.4, 0.5) is 4.39 Å². The first-order valence-electron chi connectivity index (χ1n) is 7.98. The Labute approximate surface area is 131 Å². The van der Waals surface area contributed by atoms with Crippen LogP contribution in [0.3, 0.4) is 0 Å². The van der Waals surface area contributed by atoms with Crippen molar-refractivity contribution in [3.63, 3.8) is 0 Å². The number of hydrogen-bond acceptors (Lipinski definition) is 3. The number of hydrogen-bond donors (Lipinski definition) is 0. The molecule has 4 heteroatoms. The minimum Gasteiger partial charge on any atom is -0.491 e. The zero-order chi connectivity index (χ0) is 15.8. The van der Waals surface area contributed by atoms with Gasteiger partial charge in [0.15, 0.2) is 11.6 Å². The summed E-state index contributed by atoms with van der Waals surface area (Å²) in [6.45, 7) is 4.76. The van der Waals surface area contributed by atoms with Crippen LogP contribution in [0, 0.1) is 5.82 Å². The number of nitrogens with zero attached hydrogens (tertiary/aromatic N) is 2. The van der Waals surface area contributed by atoms with E-state index in [0.29, 0.717) is 18.1 Å². The van der Waals surface area contributed by atoms with E-state index < -0.39 is 0 Å². The highest BCUT2D eigenvalue weighted by Crippen LogP contribution is 2.24. The van der Waals surface area contributed by atoms with Gasteiger partial charge in [-0.2, -0.15) is 0 Å². The van der Waals surface area contributed by atoms with Gasteiger partial charge in [0, 0.05) is 11.8 Å². The minimum atomic E-state index is -0.356. The lowest BCUT2D eigenvalue weighted by Gasteiger charge is -2.08. The second-order valence-electron chi connectivity index (χ2n) is 5.34. The van der Waals surface area contributed by atoms with Crippen molar-refractivity contribution in [2.45, 2.75) is 46.0 Å². The molecule has 0 bridgehead atoms. The van der Waals surface area contributed by atoms with E-state index in [-0.39, 0.29) is 5.82 Å². The smallest absolute Gasteiger partial charge is 0.165 e. The molecule has 118 valence electrons. The minimum absolute atomic E-state index is 0.296. The maximum atomic E-state index is 14.0. The molecular weight excluding hydrogens is 279 g/mol. The van der Waals surface area contributed by atoms with Gasteiger partial charge in [-0.3, -0.25) is 9.97 Å². The molecule has 2 rings (SSSR count). The third-order valence-electron chi connectivity index (χ3n) is 3.47. The maximum Gasteiger partial charge on any atom is 0.165 e. The van der Waals surface area contributed by atoms with Crippen LogP contribution in [-0.4, -0.2) is 16.6 Å². The number of aromatic nitrogens is 2. The Morgan fingerprint density at radius 1 is 1.05 bits per heavy atom. The first-order chi connectivity index (χ1) is 10.7. The van der Waals surface area contributed by atoms with E-state index in [1.54, 1.807) is 18.5 Å². The van der Waals surface area contributed by atoms with Crippen LogP contribution in [0.5, 0.6) is 5.75 Å². The lowest BCUT2D eigenvalue weighted by atomic mass is 10.1. The largest absolute Gasteiger partial charge is 0.491 e. The molecule has 0 aliphatic rings. The van der Waals surface area contributed by atoms with Gasteiger partial charge >= 0.3 is 0 Å². The van der Waals surface area contributed by atoms with Crippen LogP contribution in [0.15, 0.2) is 30.6 Å². The Kier molecular flexibility index (Phi) is 6.31. The quantitative estimate of drug-likeness (QED) is 0.657. The fourth-order valence-electron chi connectivity index (χ4n) is 2.09. The van der Waals surface area contributed by atoms with E-state index in [1.165, 1.54) is 6.07 Å². The molecule has 3 nitrogen and oxygen atoms in total. The fraction of sp³-hybridized carbons (Fsp3) is 0.444. The summed E-state index contributed by atoms with van der Waals surface area (Å²) in [6.07, 6.45) is 8.60. The predicted molar refractivity (Wildman–Crippen MR) is 86.4 cm³/mol. The number of rotatable bonds is 8. The Balaban J connectivity index is 2.07. The Morgan fingerprint density at radius 2 is 1.86 bits per heavy atom. The van der Waals surface area contributed by atoms with Gasteiger partial charge in [-0.25, -0.2) is 4.39 Å². The number of aryl methyl sites for hydroxylation is 1. The van der Waals surface area contributed by atoms with Crippen LogP contribution < -0.4 is 4.74 Å². The van der Waals surface area contributed by atoms with Gasteiger partial charge in [-0.05, 0) is 37.5 Å². The summed E-state index contributed by atoms with van der Waals surface area (Å²) in [5.74, 6) is -0.0600. The summed E-state index contributed by atoms with van der Waals surface area (Å²) < 4.78 is 19.5. The first-order valence-corrected chi connectivity index (χ1v) is 7.98. The Hall–Kier alpha value is -1.97. The van der Waals surface area contributed by atoms with Crippen molar-refractivity contribution in [1.82, 2.24) is 9.97 Å². The van der Waals surface area contributed by atoms with Gasteiger partial charge in [-0.15, -0.1) is 0 Å². The molecule has 0 amide bonds. The van der Waals surface area contributed by atoms with E-state index >= 15 is 0 Å². The average molecular weight is 302 g/mol. The summed E-state index contributed by atoms with van der Waals surface area (Å²) in [5, 5.41) is 0. The number of unbranched alkanes of at least 4 members (excludes halogenated alkanes) is 2. The molecule has 0 N–H and O–H groups in total. The fourth-order valence-corrected chi connectivity index (χ4v) is 2.09. The molecule has 22 heavy (non-hydrogen) atoms. The molecule has 1 aromatic carbocycles. The van der Waals surface area contributed by atoms with Gasteiger partial charge in [0.05, 0.1) is 24.2 Å². The first kappa shape index (κ1) is 16.4. The van der Waals surface area contributed by atoms with E-state index in [0.717, 1.165) is 43.4 Å². The van der Waals surface area contributed by atoms with Gasteiger partial charge in [0.25, 0.3) is 0 Å². The molecular formula is C18H23FN2O. The molecule has 0 unspecified atom stereocenters. The van der Waals surface area contributed by atoms with Crippen LogP contribution in [-0.2, 0) is 6.42 Å². The molecule has 0 radical (unpaired) electrons. The third kappa shape index (κ3) is 4.52. The maximum absolute atomic E-state index is 14.0. The zero-order valence-electron chi connectivity index (χ0n) is 13.3. The second kappa shape index (κ2) is 8.47. The summed E-state index contributed by atoms with van der Waals surface area (Å²) in [7, 11) is 0. The molecule has 0 aliphatic heterocycles. The van der Waals surface area contributed by atoms with E-state index in [2.05, 4.69) is 23.8 Å². The van der Waals surface area contributed by atoms with Crippen molar-refractivity contribution in [3.8, 4) is 17.0 Å². The van der Waals surface area contributed by atoms with Gasteiger partial charge in [-0.1, -0.05) is 26.7 Å². The number of benzene rings is 1. The van der Waals surface area contributed by atoms with Crippen LogP contribution in [0.2, 0.25) is 0 Å². The van der Waals surface area contributed by atoms with Crippen molar-refractivity contribution >= 4 is 0 Å². The number of halogens is 1. The Bertz CT molecular complexity index is 584. The predicted octanol–water partition coefficient (Wildman–Crippen LogP) is 4.80. The van der Waals surface area contributed by atoms with Gasteiger partial charge in [0.1, 0.15) is 0 Å². The van der Waals surface area contributed by atoms with Gasteiger partial charge in [0.2, 0.25) is 0 Å². The monoisotopic (exact) mass is 302 g/mol. The van der Waals surface area contributed by atoms with Crippen molar-refractivity contribution in [2.75, 3.05) is 6.61 Å². The molecule has 1 heterocycles. The average Bonchev–Trinajstić information content (AvgIpc) is 2.55. The summed E-state index contributed by atoms with van der Waals surface area (Å²) in [4.78, 5) is 8.77. The topological polar surface area (TPSA) is 35.0 Å². The molecule has 0 saturated heterocycles. The van der Waals surface area contributed by atoms with E-state index in [9.17, 15) is 4.39 Å². The van der Waals surface area contributed by atoms with E-state index in [4.69, 9.17) is 4.74 Å². The molecule has 0 atom stereocenters. The lowest BCUT2D eigenvalue weighted by molar-refractivity contribution is 0.294. The van der Waals surface area contributed by atoms with Gasteiger partial charge < -0.3 is 4.74 Å². The van der Waals surface area contributed by atoms with Crippen LogP contribution in [0.25, 0.3) is 11.3 Å². The standard InChI is InChI=1S/C18H23FN2O/c1-3-5-7-15-12-21-17(13-20-15)14-8-9-18(16(19)11-14)22-10-6-4-2/h8-9,11-13H,3-7,10H2,1-2H3. The van der Waals surface area contributed by atoms with Crippen molar-refractivity contribution in [2.24, 2.45) is 0 Å². The SMILES string of the molecule is CCCCOc1ccc(-c2cnc(CCCC)cn2)cc1F. The molecule has 0 fully saturated rings. The highest BCUT2D eigenvalue weighted by molar-refractivity contribution is 5.59.